The Hall–Kier alpha value is -0.613. The molecular weight excluding hydrogens is 266 g/mol. The van der Waals surface area contributed by atoms with Gasteiger partial charge in [-0.15, -0.1) is 6.58 Å². The third-order valence-corrected chi connectivity index (χ3v) is 9.30. The average molecular weight is 298 g/mol. The summed E-state index contributed by atoms with van der Waals surface area (Å²) in [7, 11) is -1.75. The van der Waals surface area contributed by atoms with Crippen LogP contribution in [0.15, 0.2) is 12.7 Å². The summed E-state index contributed by atoms with van der Waals surface area (Å²) in [6.07, 6.45) is 2.88. The number of likely N-dealkylation sites (tertiary alicyclic amines) is 1. The van der Waals surface area contributed by atoms with Gasteiger partial charge in [0.2, 0.25) is 5.91 Å². The molecule has 1 rings (SSSR count). The van der Waals surface area contributed by atoms with E-state index >= 15 is 0 Å². The molecule has 1 atom stereocenters. The van der Waals surface area contributed by atoms with E-state index in [0.29, 0.717) is 0 Å². The molecule has 0 spiro atoms. The first-order chi connectivity index (χ1) is 8.90. The van der Waals surface area contributed by atoms with Crippen LogP contribution in [0.3, 0.4) is 0 Å². The predicted octanol–water partition coefficient (Wildman–Crippen LogP) is 3.82. The SMILES string of the molecule is C=CC(C)(C)C(=O)N1CCC(O[Si](C)(C)C(C)(C)C)C1. The van der Waals surface area contributed by atoms with Crippen LogP contribution in [-0.2, 0) is 9.22 Å². The Morgan fingerprint density at radius 3 is 2.30 bits per heavy atom. The van der Waals surface area contributed by atoms with Crippen LogP contribution in [0.4, 0.5) is 0 Å². The third-order valence-electron chi connectivity index (χ3n) is 4.76. The number of hydrogen-bond donors (Lipinski definition) is 0. The van der Waals surface area contributed by atoms with Gasteiger partial charge in [0.05, 0.1) is 11.5 Å². The van der Waals surface area contributed by atoms with Crippen LogP contribution < -0.4 is 0 Å². The van der Waals surface area contributed by atoms with Crippen LogP contribution in [0, 0.1) is 5.41 Å². The predicted molar refractivity (Wildman–Crippen MR) is 87.2 cm³/mol. The van der Waals surface area contributed by atoms with Gasteiger partial charge in [0.15, 0.2) is 8.32 Å². The first-order valence-electron chi connectivity index (χ1n) is 7.51. The summed E-state index contributed by atoms with van der Waals surface area (Å²) >= 11 is 0. The van der Waals surface area contributed by atoms with Crippen molar-refractivity contribution in [1.29, 1.82) is 0 Å². The molecular formula is C16H31NO2Si. The van der Waals surface area contributed by atoms with Gasteiger partial charge in [0.1, 0.15) is 0 Å². The van der Waals surface area contributed by atoms with Crippen molar-refractivity contribution in [2.75, 3.05) is 13.1 Å². The first-order valence-corrected chi connectivity index (χ1v) is 10.4. The first kappa shape index (κ1) is 17.4. The molecule has 0 bridgehead atoms. The van der Waals surface area contributed by atoms with Crippen molar-refractivity contribution in [1.82, 2.24) is 4.90 Å². The maximum atomic E-state index is 12.4. The number of amides is 1. The van der Waals surface area contributed by atoms with E-state index in [4.69, 9.17) is 4.43 Å². The van der Waals surface area contributed by atoms with E-state index in [1.807, 2.05) is 18.7 Å². The highest BCUT2D eigenvalue weighted by Gasteiger charge is 2.42. The molecule has 0 aromatic rings. The maximum absolute atomic E-state index is 12.4. The molecule has 0 saturated carbocycles. The van der Waals surface area contributed by atoms with Gasteiger partial charge in [-0.2, -0.15) is 0 Å². The lowest BCUT2D eigenvalue weighted by Gasteiger charge is -2.38. The molecule has 116 valence electrons. The second-order valence-corrected chi connectivity index (χ2v) is 12.7. The zero-order chi connectivity index (χ0) is 15.8. The number of carbonyl (C=O) groups is 1. The number of hydrogen-bond acceptors (Lipinski definition) is 2. The Morgan fingerprint density at radius 2 is 1.85 bits per heavy atom. The molecule has 20 heavy (non-hydrogen) atoms. The molecule has 4 heteroatoms. The van der Waals surface area contributed by atoms with E-state index in [9.17, 15) is 4.79 Å². The molecule has 1 unspecified atom stereocenters. The minimum absolute atomic E-state index is 0.161. The molecule has 0 aromatic carbocycles. The minimum atomic E-state index is -1.75. The van der Waals surface area contributed by atoms with Gasteiger partial charge >= 0.3 is 0 Å². The van der Waals surface area contributed by atoms with E-state index in [-0.39, 0.29) is 17.0 Å². The van der Waals surface area contributed by atoms with Crippen molar-refractivity contribution >= 4 is 14.2 Å². The Labute approximate surface area is 125 Å². The van der Waals surface area contributed by atoms with Crippen molar-refractivity contribution in [3.05, 3.63) is 12.7 Å². The molecule has 1 amide bonds. The molecule has 1 saturated heterocycles. The largest absolute Gasteiger partial charge is 0.412 e. The standard InChI is InChI=1S/C16H31NO2Si/c1-9-16(5,6)14(18)17-11-10-13(12-17)19-20(7,8)15(2,3)4/h9,13H,1,10-12H2,2-8H3. The van der Waals surface area contributed by atoms with Crippen LogP contribution >= 0.6 is 0 Å². The van der Waals surface area contributed by atoms with Crippen molar-refractivity contribution < 1.29 is 9.22 Å². The molecule has 0 radical (unpaired) electrons. The van der Waals surface area contributed by atoms with Gasteiger partial charge < -0.3 is 9.33 Å². The summed E-state index contributed by atoms with van der Waals surface area (Å²) in [5.41, 5.74) is -0.480. The van der Waals surface area contributed by atoms with Gasteiger partial charge in [-0.3, -0.25) is 4.79 Å². The molecule has 1 aliphatic heterocycles. The van der Waals surface area contributed by atoms with E-state index in [1.165, 1.54) is 0 Å². The van der Waals surface area contributed by atoms with Gasteiger partial charge in [-0.05, 0) is 38.4 Å². The monoisotopic (exact) mass is 297 g/mol. The van der Waals surface area contributed by atoms with Gasteiger partial charge in [0, 0.05) is 13.1 Å². The molecule has 1 heterocycles. The molecule has 3 nitrogen and oxygen atoms in total. The second kappa shape index (κ2) is 5.64. The molecule has 0 aliphatic carbocycles. The second-order valence-electron chi connectivity index (χ2n) is 7.97. The minimum Gasteiger partial charge on any atom is -0.412 e. The molecule has 0 aromatic heterocycles. The molecule has 1 fully saturated rings. The maximum Gasteiger partial charge on any atom is 0.232 e. The van der Waals surface area contributed by atoms with E-state index in [2.05, 4.69) is 40.4 Å². The van der Waals surface area contributed by atoms with Crippen LogP contribution in [0.2, 0.25) is 18.1 Å². The Morgan fingerprint density at radius 1 is 1.30 bits per heavy atom. The zero-order valence-corrected chi connectivity index (χ0v) is 15.2. The highest BCUT2D eigenvalue weighted by Crippen LogP contribution is 2.38. The van der Waals surface area contributed by atoms with Crippen molar-refractivity contribution in [3.8, 4) is 0 Å². The fourth-order valence-electron chi connectivity index (χ4n) is 2.10. The Bertz CT molecular complexity index is 382. The van der Waals surface area contributed by atoms with Crippen molar-refractivity contribution in [2.45, 2.75) is 65.3 Å². The summed E-state index contributed by atoms with van der Waals surface area (Å²) in [6, 6.07) is 0. The van der Waals surface area contributed by atoms with Crippen LogP contribution in [-0.4, -0.2) is 38.3 Å². The number of nitrogens with zero attached hydrogens (tertiary/aromatic N) is 1. The highest BCUT2D eigenvalue weighted by molar-refractivity contribution is 6.74. The zero-order valence-electron chi connectivity index (χ0n) is 14.2. The Kier molecular flexibility index (Phi) is 4.92. The van der Waals surface area contributed by atoms with Gasteiger partial charge in [-0.1, -0.05) is 26.8 Å². The number of rotatable bonds is 4. The fourth-order valence-corrected chi connectivity index (χ4v) is 3.48. The van der Waals surface area contributed by atoms with Crippen molar-refractivity contribution in [3.63, 3.8) is 0 Å². The van der Waals surface area contributed by atoms with Gasteiger partial charge in [0.25, 0.3) is 0 Å². The average Bonchev–Trinajstić information content (AvgIpc) is 2.74. The summed E-state index contributed by atoms with van der Waals surface area (Å²) in [5, 5.41) is 0.213. The normalized spacial score (nSPS) is 21.1. The quantitative estimate of drug-likeness (QED) is 0.583. The van der Waals surface area contributed by atoms with Crippen LogP contribution in [0.5, 0.6) is 0 Å². The lowest BCUT2D eigenvalue weighted by atomic mass is 9.92. The summed E-state index contributed by atoms with van der Waals surface area (Å²) in [4.78, 5) is 14.3. The summed E-state index contributed by atoms with van der Waals surface area (Å²) in [6.45, 7) is 20.4. The van der Waals surface area contributed by atoms with E-state index in [0.717, 1.165) is 19.5 Å². The van der Waals surface area contributed by atoms with Gasteiger partial charge in [-0.25, -0.2) is 0 Å². The Balaban J connectivity index is 2.65. The molecule has 0 N–H and O–H groups in total. The highest BCUT2D eigenvalue weighted by atomic mass is 28.4. The summed E-state index contributed by atoms with van der Waals surface area (Å²) in [5.74, 6) is 0.161. The lowest BCUT2D eigenvalue weighted by molar-refractivity contribution is -0.137. The summed E-state index contributed by atoms with van der Waals surface area (Å²) < 4.78 is 6.41. The molecule has 1 aliphatic rings. The fraction of sp³-hybridized carbons (Fsp3) is 0.812. The van der Waals surface area contributed by atoms with Crippen LogP contribution in [0.25, 0.3) is 0 Å². The topological polar surface area (TPSA) is 29.5 Å². The third kappa shape index (κ3) is 3.73. The van der Waals surface area contributed by atoms with E-state index in [1.54, 1.807) is 6.08 Å². The lowest BCUT2D eigenvalue weighted by Crippen LogP contribution is -2.45. The number of carbonyl (C=O) groups excluding carboxylic acids is 1. The smallest absolute Gasteiger partial charge is 0.232 e. The van der Waals surface area contributed by atoms with Crippen LogP contribution in [0.1, 0.15) is 41.0 Å². The van der Waals surface area contributed by atoms with Crippen molar-refractivity contribution in [2.24, 2.45) is 5.41 Å². The van der Waals surface area contributed by atoms with E-state index < -0.39 is 13.7 Å².